The van der Waals surface area contributed by atoms with Crippen LogP contribution in [0.15, 0.2) is 18.2 Å². The van der Waals surface area contributed by atoms with Crippen molar-refractivity contribution in [3.8, 4) is 5.75 Å². The van der Waals surface area contributed by atoms with Crippen molar-refractivity contribution in [2.24, 2.45) is 5.73 Å². The molecular weight excluding hydrogens is 202 g/mol. The smallest absolute Gasteiger partial charge is 0.291 e. The molecule has 3 N–H and O–H groups in total. The van der Waals surface area contributed by atoms with E-state index in [9.17, 15) is 8.78 Å². The topological polar surface area (TPSA) is 47.3 Å². The molecule has 1 atom stereocenters. The maximum Gasteiger partial charge on any atom is 0.291 e. The number of anilines is 1. The summed E-state index contributed by atoms with van der Waals surface area (Å²) in [5.74, 6) is -2.59. The molecule has 0 fully saturated rings. The first-order chi connectivity index (χ1) is 7.07. The molecule has 82 valence electrons. The number of hydrogen-bond donors (Lipinski definition) is 2. The quantitative estimate of drug-likeness (QED) is 0.745. The van der Waals surface area contributed by atoms with Gasteiger partial charge in [0.15, 0.2) is 0 Å². The molecule has 15 heavy (non-hydrogen) atoms. The first-order valence-electron chi connectivity index (χ1n) is 4.62. The van der Waals surface area contributed by atoms with Gasteiger partial charge in [0.25, 0.3) is 5.92 Å². The average Bonchev–Trinajstić information content (AvgIpc) is 2.23. The standard InChI is InChI=1S/C10H12F2N2O/c1-15-7-4-2-3-6-9(7)14-5-8(13)10(6,11)12/h2-4,8,14H,5,13H2,1H3. The van der Waals surface area contributed by atoms with Crippen LogP contribution in [0.3, 0.4) is 0 Å². The Kier molecular flexibility index (Phi) is 2.26. The zero-order valence-electron chi connectivity index (χ0n) is 8.26. The van der Waals surface area contributed by atoms with E-state index in [1.54, 1.807) is 6.07 Å². The van der Waals surface area contributed by atoms with Crippen molar-refractivity contribution >= 4 is 5.69 Å². The second-order valence-electron chi connectivity index (χ2n) is 3.49. The summed E-state index contributed by atoms with van der Waals surface area (Å²) in [7, 11) is 1.45. The van der Waals surface area contributed by atoms with Crippen LogP contribution in [0.1, 0.15) is 5.56 Å². The van der Waals surface area contributed by atoms with Crippen molar-refractivity contribution < 1.29 is 13.5 Å². The molecule has 0 bridgehead atoms. The van der Waals surface area contributed by atoms with Crippen LogP contribution in [0.5, 0.6) is 5.75 Å². The van der Waals surface area contributed by atoms with Crippen molar-refractivity contribution in [3.63, 3.8) is 0 Å². The summed E-state index contributed by atoms with van der Waals surface area (Å²) in [5.41, 5.74) is 5.61. The van der Waals surface area contributed by atoms with Crippen LogP contribution in [-0.2, 0) is 5.92 Å². The van der Waals surface area contributed by atoms with Crippen LogP contribution in [0.4, 0.5) is 14.5 Å². The van der Waals surface area contributed by atoms with Gasteiger partial charge in [-0.1, -0.05) is 12.1 Å². The molecule has 0 spiro atoms. The first kappa shape index (κ1) is 10.2. The molecule has 1 unspecified atom stereocenters. The van der Waals surface area contributed by atoms with Gasteiger partial charge in [0.05, 0.1) is 18.8 Å². The third kappa shape index (κ3) is 1.43. The second kappa shape index (κ2) is 3.34. The number of rotatable bonds is 1. The maximum absolute atomic E-state index is 13.7. The molecule has 0 aromatic heterocycles. The number of fused-ring (bicyclic) bond motifs is 1. The number of nitrogens with two attached hydrogens (primary N) is 1. The van der Waals surface area contributed by atoms with Gasteiger partial charge >= 0.3 is 0 Å². The van der Waals surface area contributed by atoms with E-state index in [0.29, 0.717) is 11.4 Å². The summed E-state index contributed by atoms with van der Waals surface area (Å²) >= 11 is 0. The summed E-state index contributed by atoms with van der Waals surface area (Å²) in [6.07, 6.45) is 0. The summed E-state index contributed by atoms with van der Waals surface area (Å²) in [5, 5.41) is 2.86. The van der Waals surface area contributed by atoms with Crippen molar-refractivity contribution in [1.82, 2.24) is 0 Å². The number of nitrogens with one attached hydrogen (secondary N) is 1. The van der Waals surface area contributed by atoms with E-state index in [1.807, 2.05) is 0 Å². The van der Waals surface area contributed by atoms with Gasteiger partial charge in [-0.05, 0) is 6.07 Å². The SMILES string of the molecule is COc1cccc2c1NCC(N)C2(F)F. The molecule has 1 heterocycles. The van der Waals surface area contributed by atoms with Crippen molar-refractivity contribution in [3.05, 3.63) is 23.8 Å². The fourth-order valence-corrected chi connectivity index (χ4v) is 1.70. The van der Waals surface area contributed by atoms with Gasteiger partial charge in [0, 0.05) is 12.1 Å². The Morgan fingerprint density at radius 2 is 2.27 bits per heavy atom. The van der Waals surface area contributed by atoms with E-state index in [2.05, 4.69) is 5.32 Å². The van der Waals surface area contributed by atoms with Crippen LogP contribution in [0.2, 0.25) is 0 Å². The highest BCUT2D eigenvalue weighted by Crippen LogP contribution is 2.43. The van der Waals surface area contributed by atoms with Crippen molar-refractivity contribution in [2.45, 2.75) is 12.0 Å². The van der Waals surface area contributed by atoms with E-state index >= 15 is 0 Å². The molecule has 0 saturated carbocycles. The zero-order valence-corrected chi connectivity index (χ0v) is 8.26. The number of halogens is 2. The number of alkyl halides is 2. The van der Waals surface area contributed by atoms with Crippen molar-refractivity contribution in [1.29, 1.82) is 0 Å². The molecule has 0 saturated heterocycles. The van der Waals surface area contributed by atoms with Gasteiger partial charge in [-0.3, -0.25) is 0 Å². The summed E-state index contributed by atoms with van der Waals surface area (Å²) < 4.78 is 32.4. The molecule has 0 amide bonds. The number of ether oxygens (including phenoxy) is 1. The lowest BCUT2D eigenvalue weighted by molar-refractivity contribution is -0.0301. The third-order valence-electron chi connectivity index (χ3n) is 2.57. The van der Waals surface area contributed by atoms with E-state index in [1.165, 1.54) is 19.2 Å². The normalized spacial score (nSPS) is 22.8. The molecule has 1 aliphatic heterocycles. The lowest BCUT2D eigenvalue weighted by Crippen LogP contribution is -2.47. The lowest BCUT2D eigenvalue weighted by Gasteiger charge is -2.32. The summed E-state index contributed by atoms with van der Waals surface area (Å²) in [4.78, 5) is 0. The Balaban J connectivity index is 2.56. The molecule has 0 radical (unpaired) electrons. The Hall–Kier alpha value is -1.36. The minimum absolute atomic E-state index is 0.0420. The third-order valence-corrected chi connectivity index (χ3v) is 2.57. The Labute approximate surface area is 86.2 Å². The maximum atomic E-state index is 13.7. The molecule has 0 aliphatic carbocycles. The van der Waals surface area contributed by atoms with Gasteiger partial charge in [-0.15, -0.1) is 0 Å². The second-order valence-corrected chi connectivity index (χ2v) is 3.49. The van der Waals surface area contributed by atoms with E-state index in [-0.39, 0.29) is 12.1 Å². The predicted molar refractivity (Wildman–Crippen MR) is 53.4 cm³/mol. The van der Waals surface area contributed by atoms with Crippen LogP contribution >= 0.6 is 0 Å². The Morgan fingerprint density at radius 1 is 1.53 bits per heavy atom. The van der Waals surface area contributed by atoms with Crippen LogP contribution in [0.25, 0.3) is 0 Å². The van der Waals surface area contributed by atoms with Crippen LogP contribution in [0, 0.1) is 0 Å². The molecule has 1 aromatic carbocycles. The van der Waals surface area contributed by atoms with Gasteiger partial charge in [-0.25, -0.2) is 0 Å². The summed E-state index contributed by atoms with van der Waals surface area (Å²) in [6, 6.07) is 3.34. The highest BCUT2D eigenvalue weighted by Gasteiger charge is 2.44. The minimum Gasteiger partial charge on any atom is -0.495 e. The number of para-hydroxylation sites is 1. The van der Waals surface area contributed by atoms with E-state index < -0.39 is 12.0 Å². The molecule has 1 aliphatic rings. The van der Waals surface area contributed by atoms with Gasteiger partial charge in [0.1, 0.15) is 5.75 Å². The van der Waals surface area contributed by atoms with Crippen molar-refractivity contribution in [2.75, 3.05) is 19.0 Å². The lowest BCUT2D eigenvalue weighted by atomic mass is 9.95. The highest BCUT2D eigenvalue weighted by molar-refractivity contribution is 5.65. The van der Waals surface area contributed by atoms with E-state index in [4.69, 9.17) is 10.5 Å². The molecule has 3 nitrogen and oxygen atoms in total. The average molecular weight is 214 g/mol. The number of hydrogen-bond acceptors (Lipinski definition) is 3. The fourth-order valence-electron chi connectivity index (χ4n) is 1.70. The Bertz CT molecular complexity index is 382. The van der Waals surface area contributed by atoms with Gasteiger partial charge in [0.2, 0.25) is 0 Å². The highest BCUT2D eigenvalue weighted by atomic mass is 19.3. The van der Waals surface area contributed by atoms with Gasteiger partial charge < -0.3 is 15.8 Å². The number of benzene rings is 1. The zero-order chi connectivity index (χ0) is 11.1. The molecule has 1 aromatic rings. The predicted octanol–water partition coefficient (Wildman–Crippen LogP) is 1.54. The summed E-state index contributed by atoms with van der Waals surface area (Å²) in [6.45, 7) is 0.0420. The largest absolute Gasteiger partial charge is 0.495 e. The molecule has 2 rings (SSSR count). The van der Waals surface area contributed by atoms with Crippen LogP contribution < -0.4 is 15.8 Å². The van der Waals surface area contributed by atoms with E-state index in [0.717, 1.165) is 0 Å². The van der Waals surface area contributed by atoms with Gasteiger partial charge in [-0.2, -0.15) is 8.78 Å². The van der Waals surface area contributed by atoms with Crippen LogP contribution in [-0.4, -0.2) is 19.7 Å². The molecule has 5 heteroatoms. The molecular formula is C10H12F2N2O. The monoisotopic (exact) mass is 214 g/mol. The first-order valence-corrected chi connectivity index (χ1v) is 4.62. The fraction of sp³-hybridized carbons (Fsp3) is 0.400. The Morgan fingerprint density at radius 3 is 2.93 bits per heavy atom. The number of methoxy groups -OCH3 is 1. The minimum atomic E-state index is -3.00.